The Morgan fingerprint density at radius 2 is 1.96 bits per heavy atom. The van der Waals surface area contributed by atoms with E-state index >= 15 is 0 Å². The highest BCUT2D eigenvalue weighted by Gasteiger charge is 2.11. The maximum atomic E-state index is 11.9. The van der Waals surface area contributed by atoms with Gasteiger partial charge in [0.25, 0.3) is 5.56 Å². The fraction of sp³-hybridized carbons (Fsp3) is 0.176. The number of carbonyl (C=O) groups excluding carboxylic acids is 2. The first-order chi connectivity index (χ1) is 11.6. The zero-order valence-corrected chi connectivity index (χ0v) is 13.5. The van der Waals surface area contributed by atoms with E-state index in [4.69, 9.17) is 4.74 Å². The molecule has 24 heavy (non-hydrogen) atoms. The maximum Gasteiger partial charge on any atom is 0.306 e. The summed E-state index contributed by atoms with van der Waals surface area (Å²) in [5.74, 6) is -0.601. The molecule has 0 N–H and O–H groups in total. The third-order valence-corrected chi connectivity index (χ3v) is 4.15. The second-order valence-corrected chi connectivity index (χ2v) is 5.96. The van der Waals surface area contributed by atoms with Gasteiger partial charge in [0.15, 0.2) is 10.7 Å². The number of Topliss-reactive ketones (excluding diaryl/α,β-unsaturated/α-hetero) is 1. The van der Waals surface area contributed by atoms with Crippen LogP contribution < -0.4 is 5.56 Å². The number of hydrogen-bond donors (Lipinski definition) is 0. The molecule has 0 spiro atoms. The van der Waals surface area contributed by atoms with Gasteiger partial charge in [-0.15, -0.1) is 11.3 Å². The van der Waals surface area contributed by atoms with E-state index in [0.29, 0.717) is 16.2 Å². The highest BCUT2D eigenvalue weighted by molar-refractivity contribution is 7.15. The number of ether oxygens (including phenoxy) is 1. The van der Waals surface area contributed by atoms with E-state index < -0.39 is 5.97 Å². The van der Waals surface area contributed by atoms with Crippen LogP contribution in [0.1, 0.15) is 28.9 Å². The van der Waals surface area contributed by atoms with Crippen LogP contribution in [0.2, 0.25) is 0 Å². The van der Waals surface area contributed by atoms with Crippen molar-refractivity contribution in [3.05, 3.63) is 69.6 Å². The number of nitrogens with zero attached hydrogens (tertiary/aromatic N) is 2. The monoisotopic (exact) mass is 342 g/mol. The predicted octanol–water partition coefficient (Wildman–Crippen LogP) is 2.46. The van der Waals surface area contributed by atoms with Crippen LogP contribution in [0, 0.1) is 0 Å². The number of aromatic nitrogens is 2. The van der Waals surface area contributed by atoms with Crippen LogP contribution in [0.3, 0.4) is 0 Å². The molecule has 0 unspecified atom stereocenters. The summed E-state index contributed by atoms with van der Waals surface area (Å²) in [5.41, 5.74) is 0.750. The van der Waals surface area contributed by atoms with Crippen molar-refractivity contribution in [2.75, 3.05) is 0 Å². The molecule has 0 atom stereocenters. The summed E-state index contributed by atoms with van der Waals surface area (Å²) in [4.78, 5) is 40.3. The lowest BCUT2D eigenvalue weighted by Crippen LogP contribution is -2.15. The number of ketones is 1. The summed E-state index contributed by atoms with van der Waals surface area (Å²) < 4.78 is 6.52. The van der Waals surface area contributed by atoms with Crippen molar-refractivity contribution < 1.29 is 14.3 Å². The molecule has 7 heteroatoms. The molecule has 0 bridgehead atoms. The van der Waals surface area contributed by atoms with E-state index in [1.54, 1.807) is 35.8 Å². The predicted molar refractivity (Wildman–Crippen MR) is 89.1 cm³/mol. The van der Waals surface area contributed by atoms with Gasteiger partial charge in [-0.25, -0.2) is 4.98 Å². The molecule has 3 aromatic rings. The molecule has 0 aliphatic rings. The molecule has 0 aliphatic heterocycles. The van der Waals surface area contributed by atoms with Gasteiger partial charge in [-0.3, -0.25) is 18.8 Å². The van der Waals surface area contributed by atoms with Crippen LogP contribution in [-0.4, -0.2) is 21.1 Å². The lowest BCUT2D eigenvalue weighted by molar-refractivity contribution is -0.145. The number of benzene rings is 1. The van der Waals surface area contributed by atoms with Gasteiger partial charge in [-0.2, -0.15) is 0 Å². The normalized spacial score (nSPS) is 10.7. The quantitative estimate of drug-likeness (QED) is 0.508. The minimum Gasteiger partial charge on any atom is -0.459 e. The standard InChI is InChI=1S/C17H14N2O4S/c20-14(12-4-2-1-3-5-12)6-7-16(22)23-11-13-10-15(21)19-8-9-24-17(19)18-13/h1-5,8-10H,6-7,11H2. The Bertz CT molecular complexity index is 930. The largest absolute Gasteiger partial charge is 0.459 e. The van der Waals surface area contributed by atoms with Crippen LogP contribution >= 0.6 is 11.3 Å². The van der Waals surface area contributed by atoms with Crippen LogP contribution in [0.25, 0.3) is 4.96 Å². The molecule has 1 aromatic carbocycles. The minimum absolute atomic E-state index is 0.00600. The van der Waals surface area contributed by atoms with Crippen molar-refractivity contribution in [1.82, 2.24) is 9.38 Å². The zero-order valence-electron chi connectivity index (χ0n) is 12.7. The van der Waals surface area contributed by atoms with Gasteiger partial charge in [0, 0.05) is 29.6 Å². The Balaban J connectivity index is 1.53. The van der Waals surface area contributed by atoms with Gasteiger partial charge in [0.05, 0.1) is 12.1 Å². The molecule has 3 rings (SSSR count). The van der Waals surface area contributed by atoms with E-state index in [-0.39, 0.29) is 30.8 Å². The highest BCUT2D eigenvalue weighted by atomic mass is 32.1. The Morgan fingerprint density at radius 3 is 2.75 bits per heavy atom. The summed E-state index contributed by atoms with van der Waals surface area (Å²) >= 11 is 1.33. The molecule has 0 aliphatic carbocycles. The number of esters is 1. The van der Waals surface area contributed by atoms with Crippen molar-refractivity contribution in [3.8, 4) is 0 Å². The Hall–Kier alpha value is -2.80. The number of rotatable bonds is 6. The van der Waals surface area contributed by atoms with Crippen LogP contribution in [-0.2, 0) is 16.1 Å². The smallest absolute Gasteiger partial charge is 0.306 e. The van der Waals surface area contributed by atoms with E-state index in [0.717, 1.165) is 0 Å². The second-order valence-electron chi connectivity index (χ2n) is 5.09. The van der Waals surface area contributed by atoms with Gasteiger partial charge in [0.1, 0.15) is 6.61 Å². The van der Waals surface area contributed by atoms with Crippen molar-refractivity contribution in [2.24, 2.45) is 0 Å². The van der Waals surface area contributed by atoms with Crippen LogP contribution in [0.5, 0.6) is 0 Å². The van der Waals surface area contributed by atoms with E-state index in [1.165, 1.54) is 21.8 Å². The lowest BCUT2D eigenvalue weighted by atomic mass is 10.1. The molecular formula is C17H14N2O4S. The number of thiazole rings is 1. The summed E-state index contributed by atoms with van der Waals surface area (Å²) in [6, 6.07) is 10.1. The number of carbonyl (C=O) groups is 2. The second kappa shape index (κ2) is 7.18. The van der Waals surface area contributed by atoms with E-state index in [1.807, 2.05) is 6.07 Å². The molecule has 122 valence electrons. The number of fused-ring (bicyclic) bond motifs is 1. The SMILES string of the molecule is O=C(CCC(=O)c1ccccc1)OCc1cc(=O)n2ccsc2n1. The lowest BCUT2D eigenvalue weighted by Gasteiger charge is -2.04. The maximum absolute atomic E-state index is 11.9. The molecule has 6 nitrogen and oxygen atoms in total. The topological polar surface area (TPSA) is 77.7 Å². The zero-order chi connectivity index (χ0) is 16.9. The molecule has 0 saturated carbocycles. The Labute approximate surface area is 141 Å². The molecule has 0 saturated heterocycles. The third kappa shape index (κ3) is 3.75. The number of hydrogen-bond acceptors (Lipinski definition) is 6. The summed E-state index contributed by atoms with van der Waals surface area (Å²) in [7, 11) is 0. The van der Waals surface area contributed by atoms with Crippen molar-refractivity contribution in [3.63, 3.8) is 0 Å². The van der Waals surface area contributed by atoms with E-state index in [2.05, 4.69) is 4.98 Å². The first-order valence-electron chi connectivity index (χ1n) is 7.33. The van der Waals surface area contributed by atoms with Gasteiger partial charge < -0.3 is 4.74 Å². The third-order valence-electron chi connectivity index (χ3n) is 3.39. The minimum atomic E-state index is -0.493. The van der Waals surface area contributed by atoms with Crippen molar-refractivity contribution >= 4 is 28.1 Å². The molecule has 0 amide bonds. The molecule has 2 heterocycles. The Morgan fingerprint density at radius 1 is 1.17 bits per heavy atom. The van der Waals surface area contributed by atoms with Crippen molar-refractivity contribution in [2.45, 2.75) is 19.4 Å². The highest BCUT2D eigenvalue weighted by Crippen LogP contribution is 2.09. The first kappa shape index (κ1) is 16.1. The van der Waals surface area contributed by atoms with Gasteiger partial charge in [-0.05, 0) is 0 Å². The molecule has 0 fully saturated rings. The first-order valence-corrected chi connectivity index (χ1v) is 8.21. The molecule has 0 radical (unpaired) electrons. The van der Waals surface area contributed by atoms with Gasteiger partial charge in [0.2, 0.25) is 0 Å². The van der Waals surface area contributed by atoms with Gasteiger partial charge in [-0.1, -0.05) is 30.3 Å². The fourth-order valence-electron chi connectivity index (χ4n) is 2.17. The summed E-state index contributed by atoms with van der Waals surface area (Å²) in [6.45, 7) is -0.0813. The molecular weight excluding hydrogens is 328 g/mol. The Kier molecular flexibility index (Phi) is 4.81. The molecule has 2 aromatic heterocycles. The van der Waals surface area contributed by atoms with Crippen LogP contribution in [0.4, 0.5) is 0 Å². The van der Waals surface area contributed by atoms with E-state index in [9.17, 15) is 14.4 Å². The average Bonchev–Trinajstić information content (AvgIpc) is 3.08. The summed E-state index contributed by atoms with van der Waals surface area (Å²) in [6.07, 6.45) is 1.72. The fourth-order valence-corrected chi connectivity index (χ4v) is 2.91. The van der Waals surface area contributed by atoms with Crippen molar-refractivity contribution in [1.29, 1.82) is 0 Å². The summed E-state index contributed by atoms with van der Waals surface area (Å²) in [5, 5.41) is 1.76. The van der Waals surface area contributed by atoms with Gasteiger partial charge >= 0.3 is 5.97 Å². The van der Waals surface area contributed by atoms with Crippen LogP contribution in [0.15, 0.2) is 52.8 Å². The average molecular weight is 342 g/mol.